The number of ether oxygens (including phenoxy) is 2. The van der Waals surface area contributed by atoms with Crippen molar-refractivity contribution in [2.75, 3.05) is 13.2 Å². The van der Waals surface area contributed by atoms with Crippen molar-refractivity contribution < 1.29 is 19.1 Å². The Hall–Kier alpha value is -1.03. The monoisotopic (exact) mass is 206 g/mol. The normalized spacial score (nSPS) is 9.08. The van der Waals surface area contributed by atoms with E-state index in [1.807, 2.05) is 0 Å². The number of rotatable bonds is 5. The van der Waals surface area contributed by atoms with E-state index in [4.69, 9.17) is 11.6 Å². The highest BCUT2D eigenvalue weighted by molar-refractivity contribution is 6.29. The van der Waals surface area contributed by atoms with Crippen LogP contribution < -0.4 is 0 Å². The van der Waals surface area contributed by atoms with Crippen LogP contribution in [0.5, 0.6) is 0 Å². The van der Waals surface area contributed by atoms with Crippen molar-refractivity contribution in [3.8, 4) is 0 Å². The Morgan fingerprint density at radius 1 is 1.31 bits per heavy atom. The number of hydrogen-bond acceptors (Lipinski definition) is 4. The predicted octanol–water partition coefficient (Wildman–Crippen LogP) is 1.24. The average Bonchev–Trinajstić information content (AvgIpc) is 2.01. The molecule has 0 bridgehead atoms. The zero-order valence-electron chi connectivity index (χ0n) is 7.34. The third-order valence-corrected chi connectivity index (χ3v) is 1.09. The third kappa shape index (κ3) is 7.33. The lowest BCUT2D eigenvalue weighted by molar-refractivity contribution is -0.153. The smallest absolute Gasteiger partial charge is 0.317 e. The largest absolute Gasteiger partial charge is 0.466 e. The van der Waals surface area contributed by atoms with E-state index >= 15 is 0 Å². The van der Waals surface area contributed by atoms with Gasteiger partial charge in [-0.3, -0.25) is 9.59 Å². The molecule has 0 saturated heterocycles. The molecule has 0 aromatic heterocycles. The molecule has 13 heavy (non-hydrogen) atoms. The summed E-state index contributed by atoms with van der Waals surface area (Å²) in [5.41, 5.74) is 0. The standard InChI is InChI=1S/C8H11ClO4/c1-3-12-7(10)4-8(11)13-5-6(2)9/h2-5H2,1H3. The van der Waals surface area contributed by atoms with Crippen LogP contribution in [0.4, 0.5) is 0 Å². The number of hydrogen-bond donors (Lipinski definition) is 0. The number of carbonyl (C=O) groups excluding carboxylic acids is 2. The van der Waals surface area contributed by atoms with E-state index in [1.54, 1.807) is 6.92 Å². The highest BCUT2D eigenvalue weighted by atomic mass is 35.5. The topological polar surface area (TPSA) is 52.6 Å². The van der Waals surface area contributed by atoms with Crippen LogP contribution in [0.15, 0.2) is 11.6 Å². The average molecular weight is 207 g/mol. The molecule has 0 aromatic carbocycles. The first kappa shape index (κ1) is 12.0. The number of esters is 2. The molecule has 0 unspecified atom stereocenters. The zero-order chi connectivity index (χ0) is 10.3. The highest BCUT2D eigenvalue weighted by Gasteiger charge is 2.11. The molecule has 0 spiro atoms. The van der Waals surface area contributed by atoms with Crippen molar-refractivity contribution in [1.82, 2.24) is 0 Å². The summed E-state index contributed by atoms with van der Waals surface area (Å²) in [7, 11) is 0. The maximum atomic E-state index is 10.8. The summed E-state index contributed by atoms with van der Waals surface area (Å²) in [6.07, 6.45) is -0.391. The minimum Gasteiger partial charge on any atom is -0.466 e. The molecule has 0 radical (unpaired) electrons. The summed E-state index contributed by atoms with van der Waals surface area (Å²) >= 11 is 5.33. The van der Waals surface area contributed by atoms with Gasteiger partial charge in [0, 0.05) is 5.03 Å². The lowest BCUT2D eigenvalue weighted by atomic mass is 10.4. The molecule has 5 heteroatoms. The van der Waals surface area contributed by atoms with Crippen LogP contribution in [0.3, 0.4) is 0 Å². The predicted molar refractivity (Wildman–Crippen MR) is 47.2 cm³/mol. The molecule has 0 amide bonds. The van der Waals surface area contributed by atoms with E-state index in [0.717, 1.165) is 0 Å². The van der Waals surface area contributed by atoms with Crippen molar-refractivity contribution in [1.29, 1.82) is 0 Å². The van der Waals surface area contributed by atoms with Crippen LogP contribution in [0.1, 0.15) is 13.3 Å². The Kier molecular flexibility index (Phi) is 5.97. The van der Waals surface area contributed by atoms with Gasteiger partial charge in [0.1, 0.15) is 13.0 Å². The summed E-state index contributed by atoms with van der Waals surface area (Å²) in [5.74, 6) is -1.27. The van der Waals surface area contributed by atoms with E-state index in [9.17, 15) is 9.59 Å². The molecule has 0 atom stereocenters. The second-order valence-electron chi connectivity index (χ2n) is 2.16. The van der Waals surface area contributed by atoms with Gasteiger partial charge in [-0.2, -0.15) is 0 Å². The van der Waals surface area contributed by atoms with Gasteiger partial charge in [-0.25, -0.2) is 0 Å². The van der Waals surface area contributed by atoms with Crippen molar-refractivity contribution in [2.24, 2.45) is 0 Å². The quantitative estimate of drug-likeness (QED) is 0.502. The van der Waals surface area contributed by atoms with Crippen LogP contribution in [0.2, 0.25) is 0 Å². The molecule has 0 aromatic rings. The van der Waals surface area contributed by atoms with Gasteiger partial charge in [-0.15, -0.1) is 0 Å². The molecular weight excluding hydrogens is 196 g/mol. The number of carbonyl (C=O) groups is 2. The second-order valence-corrected chi connectivity index (χ2v) is 2.69. The van der Waals surface area contributed by atoms with E-state index in [1.165, 1.54) is 0 Å². The van der Waals surface area contributed by atoms with Crippen LogP contribution >= 0.6 is 11.6 Å². The molecule has 0 aliphatic carbocycles. The molecule has 0 aliphatic heterocycles. The summed E-state index contributed by atoms with van der Waals surface area (Å²) in [6.45, 7) is 5.13. The molecule has 4 nitrogen and oxygen atoms in total. The van der Waals surface area contributed by atoms with Crippen LogP contribution in [-0.4, -0.2) is 25.2 Å². The maximum Gasteiger partial charge on any atom is 0.317 e. The van der Waals surface area contributed by atoms with Crippen molar-refractivity contribution in [2.45, 2.75) is 13.3 Å². The molecule has 0 saturated carbocycles. The molecule has 0 N–H and O–H groups in total. The van der Waals surface area contributed by atoms with Crippen LogP contribution in [-0.2, 0) is 19.1 Å². The van der Waals surface area contributed by atoms with Gasteiger partial charge < -0.3 is 9.47 Å². The summed E-state index contributed by atoms with van der Waals surface area (Å²) in [5, 5.41) is 0.206. The Bertz CT molecular complexity index is 212. The van der Waals surface area contributed by atoms with E-state index in [2.05, 4.69) is 16.1 Å². The van der Waals surface area contributed by atoms with Gasteiger partial charge in [0.15, 0.2) is 0 Å². The summed E-state index contributed by atoms with van der Waals surface area (Å²) in [4.78, 5) is 21.5. The summed E-state index contributed by atoms with van der Waals surface area (Å²) in [6, 6.07) is 0. The molecule has 0 fully saturated rings. The Labute approximate surface area is 81.5 Å². The lowest BCUT2D eigenvalue weighted by Crippen LogP contribution is -2.14. The fourth-order valence-electron chi connectivity index (χ4n) is 0.540. The maximum absolute atomic E-state index is 10.8. The number of halogens is 1. The molecular formula is C8H11ClO4. The Balaban J connectivity index is 3.62. The first-order valence-electron chi connectivity index (χ1n) is 3.70. The van der Waals surface area contributed by atoms with Crippen molar-refractivity contribution in [3.05, 3.63) is 11.6 Å². The van der Waals surface area contributed by atoms with Crippen LogP contribution in [0, 0.1) is 0 Å². The minimum atomic E-state index is -0.666. The molecule has 0 aliphatic rings. The third-order valence-electron chi connectivity index (χ3n) is 0.984. The fourth-order valence-corrected chi connectivity index (χ4v) is 0.594. The Morgan fingerprint density at radius 2 is 1.85 bits per heavy atom. The Morgan fingerprint density at radius 3 is 2.31 bits per heavy atom. The van der Waals surface area contributed by atoms with Gasteiger partial charge in [0.05, 0.1) is 6.61 Å². The lowest BCUT2D eigenvalue weighted by Gasteiger charge is -2.02. The van der Waals surface area contributed by atoms with Gasteiger partial charge in [0.25, 0.3) is 0 Å². The fraction of sp³-hybridized carbons (Fsp3) is 0.500. The van der Waals surface area contributed by atoms with E-state index < -0.39 is 18.4 Å². The molecule has 74 valence electrons. The van der Waals surface area contributed by atoms with Gasteiger partial charge in [-0.1, -0.05) is 18.2 Å². The van der Waals surface area contributed by atoms with Crippen molar-refractivity contribution in [3.63, 3.8) is 0 Å². The first-order valence-corrected chi connectivity index (χ1v) is 4.08. The SMILES string of the molecule is C=C(Cl)COC(=O)CC(=O)OCC. The van der Waals surface area contributed by atoms with Gasteiger partial charge >= 0.3 is 11.9 Å². The van der Waals surface area contributed by atoms with Crippen LogP contribution in [0.25, 0.3) is 0 Å². The second kappa shape index (κ2) is 6.48. The van der Waals surface area contributed by atoms with E-state index in [0.29, 0.717) is 0 Å². The van der Waals surface area contributed by atoms with Crippen molar-refractivity contribution >= 4 is 23.5 Å². The minimum absolute atomic E-state index is 0.0835. The molecule has 0 heterocycles. The van der Waals surface area contributed by atoms with Gasteiger partial charge in [-0.05, 0) is 6.92 Å². The highest BCUT2D eigenvalue weighted by Crippen LogP contribution is 1.98. The van der Waals surface area contributed by atoms with Gasteiger partial charge in [0.2, 0.25) is 0 Å². The zero-order valence-corrected chi connectivity index (χ0v) is 8.10. The summed E-state index contributed by atoms with van der Waals surface area (Å²) < 4.78 is 9.07. The van der Waals surface area contributed by atoms with E-state index in [-0.39, 0.29) is 18.2 Å². The molecule has 0 rings (SSSR count). The first-order chi connectivity index (χ1) is 6.06.